The number of benzene rings is 1. The minimum absolute atomic E-state index is 0.688. The number of hydrogen-bond donors (Lipinski definition) is 3. The smallest absolute Gasteiger partial charge is 0.0951 e. The zero-order chi connectivity index (χ0) is 12.4. The maximum Gasteiger partial charge on any atom is 0.0951 e. The molecular formula is C13H13N5. The van der Waals surface area contributed by atoms with Crippen molar-refractivity contribution in [1.82, 2.24) is 15.2 Å². The molecule has 0 fully saturated rings. The molecule has 0 aliphatic carbocycles. The first-order valence-corrected chi connectivity index (χ1v) is 5.70. The Morgan fingerprint density at radius 1 is 1.17 bits per heavy atom. The fourth-order valence-corrected chi connectivity index (χ4v) is 1.93. The van der Waals surface area contributed by atoms with Crippen LogP contribution in [0.1, 0.15) is 5.69 Å². The van der Waals surface area contributed by atoms with Gasteiger partial charge in [-0.05, 0) is 18.2 Å². The van der Waals surface area contributed by atoms with Crippen molar-refractivity contribution in [2.45, 2.75) is 6.54 Å². The van der Waals surface area contributed by atoms with E-state index in [1.807, 2.05) is 30.3 Å². The van der Waals surface area contributed by atoms with E-state index in [2.05, 4.69) is 20.5 Å². The van der Waals surface area contributed by atoms with E-state index in [4.69, 9.17) is 5.73 Å². The van der Waals surface area contributed by atoms with Crippen LogP contribution < -0.4 is 11.1 Å². The van der Waals surface area contributed by atoms with Gasteiger partial charge < -0.3 is 11.1 Å². The average molecular weight is 239 g/mol. The van der Waals surface area contributed by atoms with Gasteiger partial charge in [-0.1, -0.05) is 12.1 Å². The van der Waals surface area contributed by atoms with Gasteiger partial charge in [0.25, 0.3) is 0 Å². The van der Waals surface area contributed by atoms with E-state index >= 15 is 0 Å². The lowest BCUT2D eigenvalue weighted by molar-refractivity contribution is 0.982. The summed E-state index contributed by atoms with van der Waals surface area (Å²) in [5, 5.41) is 11.2. The molecule has 0 bridgehead atoms. The molecule has 18 heavy (non-hydrogen) atoms. The lowest BCUT2D eigenvalue weighted by Crippen LogP contribution is -2.01. The van der Waals surface area contributed by atoms with Gasteiger partial charge in [0.15, 0.2) is 0 Å². The molecule has 1 aromatic carbocycles. The molecule has 0 saturated heterocycles. The van der Waals surface area contributed by atoms with Crippen molar-refractivity contribution in [2.75, 3.05) is 11.1 Å². The van der Waals surface area contributed by atoms with E-state index in [1.54, 1.807) is 12.4 Å². The zero-order valence-electron chi connectivity index (χ0n) is 9.72. The average Bonchev–Trinajstić information content (AvgIpc) is 2.90. The Balaban J connectivity index is 1.94. The highest BCUT2D eigenvalue weighted by Crippen LogP contribution is 2.25. The number of aromatic nitrogens is 3. The molecule has 3 aromatic rings. The number of anilines is 2. The number of hydrogen-bond acceptors (Lipinski definition) is 4. The second-order valence-electron chi connectivity index (χ2n) is 4.04. The number of rotatable bonds is 3. The van der Waals surface area contributed by atoms with Gasteiger partial charge in [0.1, 0.15) is 0 Å². The highest BCUT2D eigenvalue weighted by molar-refractivity contribution is 5.97. The second kappa shape index (κ2) is 4.37. The van der Waals surface area contributed by atoms with E-state index in [-0.39, 0.29) is 0 Å². The molecule has 0 saturated carbocycles. The fraction of sp³-hybridized carbons (Fsp3) is 0.0769. The molecule has 0 aliphatic heterocycles. The third kappa shape index (κ3) is 1.86. The van der Waals surface area contributed by atoms with Gasteiger partial charge in [0.2, 0.25) is 0 Å². The topological polar surface area (TPSA) is 79.6 Å². The van der Waals surface area contributed by atoms with Crippen LogP contribution in [0.15, 0.2) is 42.7 Å². The summed E-state index contributed by atoms with van der Waals surface area (Å²) in [4.78, 5) is 4.30. The van der Waals surface area contributed by atoms with Crippen molar-refractivity contribution < 1.29 is 0 Å². The molecule has 90 valence electrons. The number of nitrogens with one attached hydrogen (secondary N) is 2. The van der Waals surface area contributed by atoms with Crippen molar-refractivity contribution in [1.29, 1.82) is 0 Å². The van der Waals surface area contributed by atoms with Crippen molar-refractivity contribution in [2.24, 2.45) is 0 Å². The summed E-state index contributed by atoms with van der Waals surface area (Å²) in [6, 6.07) is 9.67. The van der Waals surface area contributed by atoms with E-state index in [9.17, 15) is 0 Å². The predicted molar refractivity (Wildman–Crippen MR) is 72.1 cm³/mol. The summed E-state index contributed by atoms with van der Waals surface area (Å²) in [5.74, 6) is 0. The Hall–Kier alpha value is -2.56. The summed E-state index contributed by atoms with van der Waals surface area (Å²) in [5.41, 5.74) is 9.47. The van der Waals surface area contributed by atoms with Crippen LogP contribution in [0.3, 0.4) is 0 Å². The molecule has 4 N–H and O–H groups in total. The van der Waals surface area contributed by atoms with Gasteiger partial charge in [-0.25, -0.2) is 0 Å². The molecule has 0 aliphatic rings. The minimum Gasteiger partial charge on any atom is -0.397 e. The van der Waals surface area contributed by atoms with Gasteiger partial charge in [-0.3, -0.25) is 10.1 Å². The minimum atomic E-state index is 0.688. The Bertz CT molecular complexity index is 660. The van der Waals surface area contributed by atoms with Crippen LogP contribution in [-0.4, -0.2) is 15.2 Å². The fourth-order valence-electron chi connectivity index (χ4n) is 1.93. The van der Waals surface area contributed by atoms with Gasteiger partial charge >= 0.3 is 0 Å². The number of para-hydroxylation sites is 1. The quantitative estimate of drug-likeness (QED) is 0.612. The standard InChI is InChI=1S/C13H13N5/c14-11-3-1-2-10-12(5-6-15-13(10)11)16-8-9-4-7-17-18-9/h1-7H,8,14H2,(H,15,16)(H,17,18). The summed E-state index contributed by atoms with van der Waals surface area (Å²) in [6.45, 7) is 0.688. The number of nitrogen functional groups attached to an aromatic ring is 1. The third-order valence-corrected chi connectivity index (χ3v) is 2.83. The van der Waals surface area contributed by atoms with E-state index in [1.165, 1.54) is 0 Å². The number of fused-ring (bicyclic) bond motifs is 1. The molecule has 0 unspecified atom stereocenters. The van der Waals surface area contributed by atoms with Gasteiger partial charge in [-0.2, -0.15) is 5.10 Å². The molecule has 5 nitrogen and oxygen atoms in total. The molecule has 3 rings (SSSR count). The molecule has 5 heteroatoms. The maximum atomic E-state index is 5.91. The van der Waals surface area contributed by atoms with Crippen LogP contribution in [-0.2, 0) is 6.54 Å². The molecule has 0 radical (unpaired) electrons. The van der Waals surface area contributed by atoms with Crippen LogP contribution in [0.2, 0.25) is 0 Å². The summed E-state index contributed by atoms with van der Waals surface area (Å²) >= 11 is 0. The van der Waals surface area contributed by atoms with Crippen LogP contribution in [0.4, 0.5) is 11.4 Å². The Labute approximate surface area is 104 Å². The highest BCUT2D eigenvalue weighted by Gasteiger charge is 2.04. The summed E-state index contributed by atoms with van der Waals surface area (Å²) in [7, 11) is 0. The lowest BCUT2D eigenvalue weighted by Gasteiger charge is -2.09. The first-order valence-electron chi connectivity index (χ1n) is 5.70. The number of aromatic amines is 1. The monoisotopic (exact) mass is 239 g/mol. The van der Waals surface area contributed by atoms with Crippen molar-refractivity contribution in [3.63, 3.8) is 0 Å². The Morgan fingerprint density at radius 2 is 2.11 bits per heavy atom. The number of nitrogens with two attached hydrogens (primary N) is 1. The lowest BCUT2D eigenvalue weighted by atomic mass is 10.1. The van der Waals surface area contributed by atoms with Gasteiger partial charge in [0, 0.05) is 23.5 Å². The third-order valence-electron chi connectivity index (χ3n) is 2.83. The normalized spacial score (nSPS) is 10.7. The van der Waals surface area contributed by atoms with Gasteiger partial charge in [0.05, 0.1) is 23.4 Å². The van der Waals surface area contributed by atoms with Crippen molar-refractivity contribution in [3.05, 3.63) is 48.4 Å². The van der Waals surface area contributed by atoms with Crippen molar-refractivity contribution >= 4 is 22.3 Å². The molecule has 0 spiro atoms. The molecule has 2 heterocycles. The Morgan fingerprint density at radius 3 is 2.94 bits per heavy atom. The Kier molecular flexibility index (Phi) is 2.57. The molecular weight excluding hydrogens is 226 g/mol. The van der Waals surface area contributed by atoms with Crippen LogP contribution in [0.5, 0.6) is 0 Å². The predicted octanol–water partition coefficient (Wildman–Crippen LogP) is 2.15. The van der Waals surface area contributed by atoms with Crippen molar-refractivity contribution in [3.8, 4) is 0 Å². The second-order valence-corrected chi connectivity index (χ2v) is 4.04. The molecule has 0 atom stereocenters. The first kappa shape index (κ1) is 10.6. The number of pyridine rings is 1. The largest absolute Gasteiger partial charge is 0.397 e. The van der Waals surface area contributed by atoms with Crippen LogP contribution in [0, 0.1) is 0 Å². The molecule has 2 aromatic heterocycles. The highest BCUT2D eigenvalue weighted by atomic mass is 15.1. The maximum absolute atomic E-state index is 5.91. The first-order chi connectivity index (χ1) is 8.84. The van der Waals surface area contributed by atoms with E-state index < -0.39 is 0 Å². The molecule has 0 amide bonds. The van der Waals surface area contributed by atoms with Gasteiger partial charge in [-0.15, -0.1) is 0 Å². The van der Waals surface area contributed by atoms with Crippen LogP contribution in [0.25, 0.3) is 10.9 Å². The SMILES string of the molecule is Nc1cccc2c(NCc3ccn[nH]3)ccnc12. The zero-order valence-corrected chi connectivity index (χ0v) is 9.72. The van der Waals surface area contributed by atoms with E-state index in [0.717, 1.165) is 22.3 Å². The number of H-pyrrole nitrogens is 1. The van der Waals surface area contributed by atoms with E-state index in [0.29, 0.717) is 12.2 Å². The number of nitrogens with zero attached hydrogens (tertiary/aromatic N) is 2. The van der Waals surface area contributed by atoms with Crippen LogP contribution >= 0.6 is 0 Å². The summed E-state index contributed by atoms with van der Waals surface area (Å²) in [6.07, 6.45) is 3.49. The summed E-state index contributed by atoms with van der Waals surface area (Å²) < 4.78 is 0.